The number of aromatic nitrogens is 3. The number of benzene rings is 2. The molecule has 0 aliphatic rings. The van der Waals surface area contributed by atoms with Gasteiger partial charge in [0.25, 0.3) is 0 Å². The van der Waals surface area contributed by atoms with Crippen molar-refractivity contribution in [1.82, 2.24) is 15.0 Å². The topological polar surface area (TPSA) is 87.9 Å². The average molecular weight is 534 g/mol. The van der Waals surface area contributed by atoms with Crippen molar-refractivity contribution in [1.29, 1.82) is 0 Å². The van der Waals surface area contributed by atoms with Gasteiger partial charge in [-0.2, -0.15) is 0 Å². The fourth-order valence-electron chi connectivity index (χ4n) is 3.37. The van der Waals surface area contributed by atoms with Crippen LogP contribution in [0.2, 0.25) is 10.0 Å². The van der Waals surface area contributed by atoms with Crippen LogP contribution >= 0.6 is 23.2 Å². The Morgan fingerprint density at radius 3 is 1.75 bits per heavy atom. The summed E-state index contributed by atoms with van der Waals surface area (Å²) in [6.45, 7) is 3.95. The highest BCUT2D eigenvalue weighted by molar-refractivity contribution is 6.30. The van der Waals surface area contributed by atoms with Crippen molar-refractivity contribution < 1.29 is 24.1 Å². The standard InChI is InChI=1S/C26H29Cl2N3O5/c1-2-12-33-14-16-35-18-19-36-17-15-34-13-11-31-20-25(29-30-31)26(32,21-3-7-23(27)8-4-21)22-5-9-24(28)10-6-22/h1,3-10,20,32H,11-19H2. The largest absolute Gasteiger partial charge is 0.377 e. The van der Waals surface area contributed by atoms with E-state index >= 15 is 0 Å². The number of nitrogens with zero attached hydrogens (tertiary/aromatic N) is 3. The Morgan fingerprint density at radius 2 is 1.25 bits per heavy atom. The van der Waals surface area contributed by atoms with Gasteiger partial charge in [0, 0.05) is 10.0 Å². The van der Waals surface area contributed by atoms with Crippen LogP contribution in [0.5, 0.6) is 0 Å². The predicted molar refractivity (Wildman–Crippen MR) is 137 cm³/mol. The molecule has 3 rings (SSSR count). The van der Waals surface area contributed by atoms with Gasteiger partial charge in [0.05, 0.1) is 59.0 Å². The van der Waals surface area contributed by atoms with Crippen molar-refractivity contribution >= 4 is 23.2 Å². The summed E-state index contributed by atoms with van der Waals surface area (Å²) in [5.74, 6) is 2.39. The lowest BCUT2D eigenvalue weighted by atomic mass is 9.84. The van der Waals surface area contributed by atoms with Gasteiger partial charge in [-0.25, -0.2) is 4.68 Å². The first-order valence-corrected chi connectivity index (χ1v) is 12.2. The average Bonchev–Trinajstić information content (AvgIpc) is 3.37. The smallest absolute Gasteiger partial charge is 0.160 e. The first-order chi connectivity index (χ1) is 17.5. The summed E-state index contributed by atoms with van der Waals surface area (Å²) in [5, 5.41) is 21.4. The number of hydrogen-bond acceptors (Lipinski definition) is 7. The maximum atomic E-state index is 11.8. The molecule has 0 bridgehead atoms. The Kier molecular flexibility index (Phi) is 11.7. The molecule has 1 aromatic heterocycles. The van der Waals surface area contributed by atoms with E-state index in [1.165, 1.54) is 0 Å². The van der Waals surface area contributed by atoms with E-state index in [2.05, 4.69) is 16.2 Å². The first-order valence-electron chi connectivity index (χ1n) is 11.4. The van der Waals surface area contributed by atoms with Crippen LogP contribution in [0.25, 0.3) is 0 Å². The quantitative estimate of drug-likeness (QED) is 0.222. The van der Waals surface area contributed by atoms with Crippen LogP contribution in [0.3, 0.4) is 0 Å². The minimum Gasteiger partial charge on any atom is -0.377 e. The Bertz CT molecular complexity index is 1040. The molecule has 1 N–H and O–H groups in total. The number of rotatable bonds is 16. The van der Waals surface area contributed by atoms with Crippen molar-refractivity contribution in [3.8, 4) is 12.3 Å². The fraction of sp³-hybridized carbons (Fsp3) is 0.385. The zero-order chi connectivity index (χ0) is 25.6. The molecule has 3 aromatic rings. The van der Waals surface area contributed by atoms with E-state index in [0.29, 0.717) is 86.3 Å². The highest BCUT2D eigenvalue weighted by atomic mass is 35.5. The molecule has 0 saturated carbocycles. The molecule has 0 atom stereocenters. The number of hydrogen-bond donors (Lipinski definition) is 1. The molecule has 10 heteroatoms. The third-order valence-corrected chi connectivity index (χ3v) is 5.70. The molecule has 8 nitrogen and oxygen atoms in total. The number of aliphatic hydroxyl groups is 1. The summed E-state index contributed by atoms with van der Waals surface area (Å²) < 4.78 is 23.2. The molecule has 2 aromatic carbocycles. The summed E-state index contributed by atoms with van der Waals surface area (Å²) in [5.41, 5.74) is 0.0649. The van der Waals surface area contributed by atoms with E-state index in [0.717, 1.165) is 0 Å². The van der Waals surface area contributed by atoms with Crippen molar-refractivity contribution in [2.45, 2.75) is 12.1 Å². The maximum absolute atomic E-state index is 11.8. The summed E-state index contributed by atoms with van der Waals surface area (Å²) in [7, 11) is 0. The van der Waals surface area contributed by atoms with E-state index in [4.69, 9.17) is 48.6 Å². The number of halogens is 2. The van der Waals surface area contributed by atoms with Crippen molar-refractivity contribution in [3.63, 3.8) is 0 Å². The highest BCUT2D eigenvalue weighted by Crippen LogP contribution is 2.36. The van der Waals surface area contributed by atoms with Gasteiger partial charge in [-0.15, -0.1) is 11.5 Å². The zero-order valence-electron chi connectivity index (χ0n) is 19.8. The van der Waals surface area contributed by atoms with Crippen molar-refractivity contribution in [2.75, 3.05) is 52.9 Å². The van der Waals surface area contributed by atoms with E-state index in [9.17, 15) is 5.11 Å². The molecule has 0 saturated heterocycles. The molecule has 0 radical (unpaired) electrons. The van der Waals surface area contributed by atoms with Gasteiger partial charge in [0.2, 0.25) is 0 Å². The van der Waals surface area contributed by atoms with Crippen molar-refractivity contribution in [3.05, 3.63) is 81.6 Å². The lowest BCUT2D eigenvalue weighted by Crippen LogP contribution is -2.29. The van der Waals surface area contributed by atoms with Crippen LogP contribution in [0, 0.1) is 12.3 Å². The predicted octanol–water partition coefficient (Wildman–Crippen LogP) is 3.57. The monoisotopic (exact) mass is 533 g/mol. The highest BCUT2D eigenvalue weighted by Gasteiger charge is 2.37. The Morgan fingerprint density at radius 1 is 0.778 bits per heavy atom. The van der Waals surface area contributed by atoms with E-state index in [1.807, 2.05) is 0 Å². The van der Waals surface area contributed by atoms with Gasteiger partial charge in [-0.05, 0) is 35.4 Å². The van der Waals surface area contributed by atoms with Crippen LogP contribution in [0.1, 0.15) is 16.8 Å². The van der Waals surface area contributed by atoms with Crippen LogP contribution in [0.4, 0.5) is 0 Å². The lowest BCUT2D eigenvalue weighted by molar-refractivity contribution is 0.000195. The number of ether oxygens (including phenoxy) is 4. The van der Waals surface area contributed by atoms with Gasteiger partial charge in [0.15, 0.2) is 5.60 Å². The zero-order valence-corrected chi connectivity index (χ0v) is 21.3. The number of terminal acetylenes is 1. The molecular weight excluding hydrogens is 505 g/mol. The molecule has 0 aliphatic heterocycles. The lowest BCUT2D eigenvalue weighted by Gasteiger charge is -2.27. The fourth-order valence-corrected chi connectivity index (χ4v) is 3.62. The van der Waals surface area contributed by atoms with E-state index in [1.54, 1.807) is 59.4 Å². The normalized spacial score (nSPS) is 11.5. The van der Waals surface area contributed by atoms with Gasteiger partial charge < -0.3 is 24.1 Å². The van der Waals surface area contributed by atoms with E-state index in [-0.39, 0.29) is 0 Å². The molecular formula is C26H29Cl2N3O5. The van der Waals surface area contributed by atoms with Crippen LogP contribution in [-0.2, 0) is 31.1 Å². The third kappa shape index (κ3) is 8.29. The summed E-state index contributed by atoms with van der Waals surface area (Å²) in [6, 6.07) is 13.9. The Balaban J connectivity index is 1.46. The second kappa shape index (κ2) is 14.9. The molecule has 0 spiro atoms. The molecule has 0 unspecified atom stereocenters. The minimum absolute atomic E-state index is 0.290. The van der Waals surface area contributed by atoms with Gasteiger partial charge in [-0.1, -0.05) is 58.6 Å². The Hall–Kier alpha value is -2.48. The summed E-state index contributed by atoms with van der Waals surface area (Å²) in [6.07, 6.45) is 6.79. The summed E-state index contributed by atoms with van der Waals surface area (Å²) in [4.78, 5) is 0. The van der Waals surface area contributed by atoms with Gasteiger partial charge in [-0.3, -0.25) is 0 Å². The second-order valence-corrected chi connectivity index (χ2v) is 8.56. The first kappa shape index (κ1) is 28.1. The Labute approximate surface area is 221 Å². The van der Waals surface area contributed by atoms with E-state index < -0.39 is 5.60 Å². The molecule has 0 amide bonds. The summed E-state index contributed by atoms with van der Waals surface area (Å²) >= 11 is 12.1. The van der Waals surface area contributed by atoms with Crippen LogP contribution < -0.4 is 0 Å². The second-order valence-electron chi connectivity index (χ2n) is 7.68. The van der Waals surface area contributed by atoms with Gasteiger partial charge in [0.1, 0.15) is 12.3 Å². The van der Waals surface area contributed by atoms with Crippen molar-refractivity contribution in [2.24, 2.45) is 0 Å². The van der Waals surface area contributed by atoms with Crippen LogP contribution in [0.15, 0.2) is 54.7 Å². The maximum Gasteiger partial charge on any atom is 0.160 e. The van der Waals surface area contributed by atoms with Gasteiger partial charge >= 0.3 is 0 Å². The molecule has 0 aliphatic carbocycles. The molecule has 192 valence electrons. The third-order valence-electron chi connectivity index (χ3n) is 5.20. The van der Waals surface area contributed by atoms with Crippen LogP contribution in [-0.4, -0.2) is 73.0 Å². The molecule has 36 heavy (non-hydrogen) atoms. The minimum atomic E-state index is -1.53. The SMILES string of the molecule is C#CCOCCOCCOCCOCCn1cc(C(O)(c2ccc(Cl)cc2)c2ccc(Cl)cc2)nn1. The molecule has 0 fully saturated rings. The molecule has 1 heterocycles.